The van der Waals surface area contributed by atoms with Gasteiger partial charge in [-0.05, 0) is 18.8 Å². The molecule has 1 aliphatic rings. The van der Waals surface area contributed by atoms with Crippen LogP contribution in [0.3, 0.4) is 0 Å². The van der Waals surface area contributed by atoms with Crippen LogP contribution >= 0.6 is 0 Å². The van der Waals surface area contributed by atoms with E-state index in [0.717, 1.165) is 19.3 Å². The standard InChI is InChI=1S/C11H20N2O4/c1-2-3-7-6-9(7)13-11(17)12-8(4-5-14)10(15)16/h7-9,14H,2-6H2,1H3,(H,15,16)(H2,12,13,17)/t7?,8-,9?/m1/s1. The molecule has 0 aliphatic heterocycles. The maximum absolute atomic E-state index is 11.5. The third kappa shape index (κ3) is 4.60. The van der Waals surface area contributed by atoms with Crippen LogP contribution in [0.5, 0.6) is 0 Å². The van der Waals surface area contributed by atoms with E-state index in [-0.39, 0.29) is 19.1 Å². The van der Waals surface area contributed by atoms with Crippen LogP contribution in [0.4, 0.5) is 4.79 Å². The van der Waals surface area contributed by atoms with Crippen molar-refractivity contribution in [1.82, 2.24) is 10.6 Å². The fraction of sp³-hybridized carbons (Fsp3) is 0.818. The average molecular weight is 244 g/mol. The zero-order chi connectivity index (χ0) is 12.8. The summed E-state index contributed by atoms with van der Waals surface area (Å²) in [7, 11) is 0. The van der Waals surface area contributed by atoms with Crippen molar-refractivity contribution in [3.8, 4) is 0 Å². The molecule has 0 heterocycles. The van der Waals surface area contributed by atoms with Crippen LogP contribution in [0, 0.1) is 5.92 Å². The predicted octanol–water partition coefficient (Wildman–Crippen LogP) is 0.310. The summed E-state index contributed by atoms with van der Waals surface area (Å²) in [5, 5.41) is 22.5. The topological polar surface area (TPSA) is 98.7 Å². The minimum atomic E-state index is -1.13. The van der Waals surface area contributed by atoms with Gasteiger partial charge in [-0.3, -0.25) is 0 Å². The second kappa shape index (κ2) is 6.44. The van der Waals surface area contributed by atoms with Gasteiger partial charge < -0.3 is 20.8 Å². The van der Waals surface area contributed by atoms with Crippen molar-refractivity contribution >= 4 is 12.0 Å². The molecule has 0 aromatic carbocycles. The molecular formula is C11H20N2O4. The lowest BCUT2D eigenvalue weighted by Crippen LogP contribution is -2.47. The Morgan fingerprint density at radius 3 is 2.71 bits per heavy atom. The monoisotopic (exact) mass is 244 g/mol. The molecular weight excluding hydrogens is 224 g/mol. The number of urea groups is 1. The zero-order valence-corrected chi connectivity index (χ0v) is 9.98. The summed E-state index contributed by atoms with van der Waals surface area (Å²) in [6, 6.07) is -1.31. The maximum Gasteiger partial charge on any atom is 0.326 e. The van der Waals surface area contributed by atoms with E-state index >= 15 is 0 Å². The Labute approximate surface area is 100 Å². The molecule has 6 heteroatoms. The molecule has 0 radical (unpaired) electrons. The van der Waals surface area contributed by atoms with Gasteiger partial charge in [0.15, 0.2) is 0 Å². The number of carboxylic acid groups (broad SMARTS) is 1. The van der Waals surface area contributed by atoms with E-state index in [1.54, 1.807) is 0 Å². The minimum Gasteiger partial charge on any atom is -0.480 e. The van der Waals surface area contributed by atoms with E-state index in [0.29, 0.717) is 5.92 Å². The van der Waals surface area contributed by atoms with Crippen molar-refractivity contribution in [3.63, 3.8) is 0 Å². The van der Waals surface area contributed by atoms with Crippen molar-refractivity contribution in [2.24, 2.45) is 5.92 Å². The van der Waals surface area contributed by atoms with Gasteiger partial charge in [0, 0.05) is 19.1 Å². The Balaban J connectivity index is 2.26. The summed E-state index contributed by atoms with van der Waals surface area (Å²) in [6.45, 7) is 1.83. The number of aliphatic hydroxyl groups is 1. The molecule has 2 unspecified atom stereocenters. The lowest BCUT2D eigenvalue weighted by molar-refractivity contribution is -0.139. The van der Waals surface area contributed by atoms with E-state index in [4.69, 9.17) is 10.2 Å². The number of aliphatic hydroxyl groups excluding tert-OH is 1. The van der Waals surface area contributed by atoms with Crippen LogP contribution in [-0.2, 0) is 4.79 Å². The normalized spacial score (nSPS) is 23.9. The quantitative estimate of drug-likeness (QED) is 0.518. The number of aliphatic carboxylic acids is 1. The molecule has 4 N–H and O–H groups in total. The molecule has 1 saturated carbocycles. The van der Waals surface area contributed by atoms with Crippen molar-refractivity contribution in [3.05, 3.63) is 0 Å². The van der Waals surface area contributed by atoms with Gasteiger partial charge in [-0.25, -0.2) is 9.59 Å². The van der Waals surface area contributed by atoms with E-state index < -0.39 is 18.0 Å². The molecule has 1 fully saturated rings. The van der Waals surface area contributed by atoms with Crippen LogP contribution in [0.25, 0.3) is 0 Å². The molecule has 0 aromatic rings. The molecule has 3 atom stereocenters. The van der Waals surface area contributed by atoms with Gasteiger partial charge in [0.25, 0.3) is 0 Å². The van der Waals surface area contributed by atoms with Gasteiger partial charge in [0.05, 0.1) is 0 Å². The first-order valence-corrected chi connectivity index (χ1v) is 5.99. The highest BCUT2D eigenvalue weighted by Crippen LogP contribution is 2.34. The summed E-state index contributed by atoms with van der Waals surface area (Å²) in [5.74, 6) is -0.595. The molecule has 0 saturated heterocycles. The van der Waals surface area contributed by atoms with Crippen LogP contribution in [0.15, 0.2) is 0 Å². The first kappa shape index (κ1) is 13.8. The molecule has 98 valence electrons. The first-order chi connectivity index (χ1) is 8.08. The summed E-state index contributed by atoms with van der Waals surface area (Å²) in [5.41, 5.74) is 0. The van der Waals surface area contributed by atoms with Gasteiger partial charge in [-0.1, -0.05) is 13.3 Å². The smallest absolute Gasteiger partial charge is 0.326 e. The predicted molar refractivity (Wildman–Crippen MR) is 61.6 cm³/mol. The van der Waals surface area contributed by atoms with Crippen LogP contribution in [0.1, 0.15) is 32.6 Å². The van der Waals surface area contributed by atoms with Crippen molar-refractivity contribution in [1.29, 1.82) is 0 Å². The van der Waals surface area contributed by atoms with Gasteiger partial charge in [0.2, 0.25) is 0 Å². The second-order valence-corrected chi connectivity index (χ2v) is 4.41. The Bertz CT molecular complexity index is 283. The summed E-state index contributed by atoms with van der Waals surface area (Å²) >= 11 is 0. The highest BCUT2D eigenvalue weighted by molar-refractivity contribution is 5.82. The van der Waals surface area contributed by atoms with Crippen molar-refractivity contribution in [2.75, 3.05) is 6.61 Å². The Morgan fingerprint density at radius 2 is 2.18 bits per heavy atom. The lowest BCUT2D eigenvalue weighted by Gasteiger charge is -2.13. The van der Waals surface area contributed by atoms with E-state index in [2.05, 4.69) is 17.6 Å². The average Bonchev–Trinajstić information content (AvgIpc) is 2.96. The highest BCUT2D eigenvalue weighted by atomic mass is 16.4. The van der Waals surface area contributed by atoms with Gasteiger partial charge in [0.1, 0.15) is 6.04 Å². The third-order valence-corrected chi connectivity index (χ3v) is 2.92. The highest BCUT2D eigenvalue weighted by Gasteiger charge is 2.37. The van der Waals surface area contributed by atoms with Gasteiger partial charge in [-0.15, -0.1) is 0 Å². The molecule has 2 amide bonds. The number of carbonyl (C=O) groups excluding carboxylic acids is 1. The lowest BCUT2D eigenvalue weighted by atomic mass is 10.2. The van der Waals surface area contributed by atoms with Crippen LogP contribution in [0.2, 0.25) is 0 Å². The maximum atomic E-state index is 11.5. The Morgan fingerprint density at radius 1 is 1.47 bits per heavy atom. The summed E-state index contributed by atoms with van der Waals surface area (Å²) < 4.78 is 0. The van der Waals surface area contributed by atoms with Gasteiger partial charge >= 0.3 is 12.0 Å². The fourth-order valence-corrected chi connectivity index (χ4v) is 1.87. The fourth-order valence-electron chi connectivity index (χ4n) is 1.87. The number of rotatable bonds is 7. The number of carboxylic acids is 1. The van der Waals surface area contributed by atoms with E-state index in [1.165, 1.54) is 0 Å². The largest absolute Gasteiger partial charge is 0.480 e. The molecule has 1 aliphatic carbocycles. The SMILES string of the molecule is CCCC1CC1NC(=O)N[C@H](CCO)C(=O)O. The number of carbonyl (C=O) groups is 2. The second-order valence-electron chi connectivity index (χ2n) is 4.41. The summed E-state index contributed by atoms with van der Waals surface area (Å²) in [4.78, 5) is 22.2. The van der Waals surface area contributed by atoms with Crippen molar-refractivity contribution in [2.45, 2.75) is 44.7 Å². The first-order valence-electron chi connectivity index (χ1n) is 5.99. The van der Waals surface area contributed by atoms with Crippen LogP contribution in [-0.4, -0.2) is 40.9 Å². The molecule has 1 rings (SSSR count). The minimum absolute atomic E-state index is 0.0197. The molecule has 0 bridgehead atoms. The Hall–Kier alpha value is -1.30. The summed E-state index contributed by atoms with van der Waals surface area (Å²) in [6.07, 6.45) is 3.17. The van der Waals surface area contributed by atoms with E-state index in [9.17, 15) is 9.59 Å². The number of nitrogens with one attached hydrogen (secondary N) is 2. The molecule has 0 aromatic heterocycles. The Kier molecular flexibility index (Phi) is 5.21. The molecule has 17 heavy (non-hydrogen) atoms. The van der Waals surface area contributed by atoms with Crippen molar-refractivity contribution < 1.29 is 19.8 Å². The molecule has 6 nitrogen and oxygen atoms in total. The van der Waals surface area contributed by atoms with Gasteiger partial charge in [-0.2, -0.15) is 0 Å². The number of hydrogen-bond donors (Lipinski definition) is 4. The van der Waals surface area contributed by atoms with E-state index in [1.807, 2.05) is 0 Å². The molecule has 0 spiro atoms. The third-order valence-electron chi connectivity index (χ3n) is 2.92. The number of amides is 2. The van der Waals surface area contributed by atoms with Crippen LogP contribution < -0.4 is 10.6 Å². The number of hydrogen-bond acceptors (Lipinski definition) is 3. The zero-order valence-electron chi connectivity index (χ0n) is 9.98.